The van der Waals surface area contributed by atoms with Crippen LogP contribution < -0.4 is 4.74 Å². The summed E-state index contributed by atoms with van der Waals surface area (Å²) in [6.07, 6.45) is 0. The maximum absolute atomic E-state index is 12.7. The Balaban J connectivity index is 2.34. The van der Waals surface area contributed by atoms with E-state index in [9.17, 15) is 10.0 Å². The van der Waals surface area contributed by atoms with Crippen molar-refractivity contribution in [1.82, 2.24) is 0 Å². The third kappa shape index (κ3) is 2.89. The van der Waals surface area contributed by atoms with Crippen molar-refractivity contribution >= 4 is 17.3 Å². The lowest BCUT2D eigenvalue weighted by Gasteiger charge is -2.07. The third-order valence-electron chi connectivity index (χ3n) is 4.10. The van der Waals surface area contributed by atoms with Crippen LogP contribution in [-0.4, -0.2) is 42.4 Å². The molecule has 0 bridgehead atoms. The molecule has 0 spiro atoms. The standard InChI is InChI=1S/C20H20NO4/c1-4-25-20(22)18-17(13-8-6-5-7-9-13)15-11-10-14(24-3)12-16(15)19(18)21(2)23/h5-12,23H,4H2,1-3H3/q+1. The van der Waals surface area contributed by atoms with Crippen molar-refractivity contribution in [3.8, 4) is 5.75 Å². The van der Waals surface area contributed by atoms with E-state index < -0.39 is 5.97 Å². The number of methoxy groups -OCH3 is 1. The Labute approximate surface area is 146 Å². The van der Waals surface area contributed by atoms with Gasteiger partial charge in [-0.2, -0.15) is 0 Å². The van der Waals surface area contributed by atoms with E-state index in [-0.39, 0.29) is 6.61 Å². The van der Waals surface area contributed by atoms with Crippen LogP contribution in [0.5, 0.6) is 5.75 Å². The molecule has 3 rings (SSSR count). The highest BCUT2D eigenvalue weighted by molar-refractivity contribution is 6.35. The number of fused-ring (bicyclic) bond motifs is 1. The minimum absolute atomic E-state index is 0.256. The number of ether oxygens (including phenoxy) is 2. The van der Waals surface area contributed by atoms with Crippen LogP contribution in [-0.2, 0) is 9.53 Å². The van der Waals surface area contributed by atoms with Gasteiger partial charge in [0.15, 0.2) is 7.05 Å². The number of hydrogen-bond acceptors (Lipinski definition) is 4. The van der Waals surface area contributed by atoms with Crippen LogP contribution in [0, 0.1) is 0 Å². The SMILES string of the molecule is CCOC(=O)C1=C(c2ccccc2)c2ccc(OC)cc2C1=[N+](C)O. The highest BCUT2D eigenvalue weighted by Gasteiger charge is 2.40. The fourth-order valence-corrected chi connectivity index (χ4v) is 3.09. The van der Waals surface area contributed by atoms with Crippen LogP contribution in [0.15, 0.2) is 54.1 Å². The van der Waals surface area contributed by atoms with Crippen molar-refractivity contribution in [1.29, 1.82) is 0 Å². The maximum atomic E-state index is 12.7. The molecule has 5 nitrogen and oxygen atoms in total. The molecule has 0 saturated heterocycles. The van der Waals surface area contributed by atoms with Gasteiger partial charge in [0.1, 0.15) is 11.3 Å². The summed E-state index contributed by atoms with van der Waals surface area (Å²) in [4.78, 5) is 12.7. The topological polar surface area (TPSA) is 58.8 Å². The van der Waals surface area contributed by atoms with E-state index in [0.29, 0.717) is 17.0 Å². The molecule has 0 unspecified atom stereocenters. The number of hydroxylamine groups is 1. The molecule has 0 aromatic heterocycles. The zero-order valence-electron chi connectivity index (χ0n) is 14.4. The Kier molecular flexibility index (Phi) is 4.57. The van der Waals surface area contributed by atoms with E-state index in [0.717, 1.165) is 27.0 Å². The predicted octanol–water partition coefficient (Wildman–Crippen LogP) is 2.89. The Morgan fingerprint density at radius 1 is 1.12 bits per heavy atom. The van der Waals surface area contributed by atoms with E-state index in [1.807, 2.05) is 48.5 Å². The molecule has 0 amide bonds. The Hall–Kier alpha value is -3.08. The first-order valence-electron chi connectivity index (χ1n) is 8.04. The van der Waals surface area contributed by atoms with Crippen LogP contribution in [0.1, 0.15) is 23.6 Å². The first-order valence-corrected chi connectivity index (χ1v) is 8.04. The van der Waals surface area contributed by atoms with Gasteiger partial charge in [-0.1, -0.05) is 30.3 Å². The minimum atomic E-state index is -0.465. The summed E-state index contributed by atoms with van der Waals surface area (Å²) < 4.78 is 11.5. The van der Waals surface area contributed by atoms with Gasteiger partial charge in [-0.25, -0.2) is 4.79 Å². The number of nitrogens with zero attached hydrogens (tertiary/aromatic N) is 1. The molecule has 128 valence electrons. The van der Waals surface area contributed by atoms with Gasteiger partial charge in [0, 0.05) is 5.57 Å². The number of hydrogen-bond donors (Lipinski definition) is 1. The Morgan fingerprint density at radius 3 is 2.44 bits per heavy atom. The van der Waals surface area contributed by atoms with E-state index in [1.165, 1.54) is 7.05 Å². The van der Waals surface area contributed by atoms with Crippen LogP contribution in [0.2, 0.25) is 0 Å². The molecule has 0 atom stereocenters. The molecule has 5 heteroatoms. The molecule has 2 aromatic rings. The first-order chi connectivity index (χ1) is 12.1. The summed E-state index contributed by atoms with van der Waals surface area (Å²) in [5.41, 5.74) is 3.96. The van der Waals surface area contributed by atoms with Gasteiger partial charge in [0.05, 0.1) is 19.3 Å². The normalized spacial score (nSPS) is 15.0. The summed E-state index contributed by atoms with van der Waals surface area (Å²) in [5.74, 6) is 0.183. The van der Waals surface area contributed by atoms with E-state index >= 15 is 0 Å². The quantitative estimate of drug-likeness (QED) is 0.403. The molecule has 0 heterocycles. The second-order valence-corrected chi connectivity index (χ2v) is 5.62. The third-order valence-corrected chi connectivity index (χ3v) is 4.10. The molecule has 0 radical (unpaired) electrons. The van der Waals surface area contributed by atoms with Gasteiger partial charge >= 0.3 is 5.97 Å². The number of rotatable bonds is 4. The lowest BCUT2D eigenvalue weighted by atomic mass is 9.97. The van der Waals surface area contributed by atoms with Crippen molar-refractivity contribution in [2.45, 2.75) is 6.92 Å². The molecular weight excluding hydrogens is 318 g/mol. The molecule has 2 aromatic carbocycles. The summed E-state index contributed by atoms with van der Waals surface area (Å²) >= 11 is 0. The Morgan fingerprint density at radius 2 is 1.84 bits per heavy atom. The fraction of sp³-hybridized carbons (Fsp3) is 0.200. The first kappa shape index (κ1) is 16.8. The fourth-order valence-electron chi connectivity index (χ4n) is 3.09. The van der Waals surface area contributed by atoms with Gasteiger partial charge in [0.25, 0.3) is 5.71 Å². The smallest absolute Gasteiger partial charge is 0.345 e. The minimum Gasteiger partial charge on any atom is -0.497 e. The number of carbonyl (C=O) groups is 1. The molecule has 1 aliphatic rings. The van der Waals surface area contributed by atoms with Gasteiger partial charge in [0.2, 0.25) is 0 Å². The van der Waals surface area contributed by atoms with Crippen LogP contribution in [0.3, 0.4) is 0 Å². The van der Waals surface area contributed by atoms with Gasteiger partial charge in [-0.05, 0) is 41.0 Å². The highest BCUT2D eigenvalue weighted by atomic mass is 16.5. The van der Waals surface area contributed by atoms with Crippen molar-refractivity contribution < 1.29 is 24.2 Å². The molecule has 0 aliphatic heterocycles. The zero-order valence-corrected chi connectivity index (χ0v) is 14.4. The lowest BCUT2D eigenvalue weighted by molar-refractivity contribution is -0.753. The van der Waals surface area contributed by atoms with Crippen molar-refractivity contribution in [3.63, 3.8) is 0 Å². The van der Waals surface area contributed by atoms with Gasteiger partial charge in [-0.15, -0.1) is 0 Å². The Bertz CT molecular complexity index is 878. The molecule has 0 saturated carbocycles. The number of esters is 1. The monoisotopic (exact) mass is 338 g/mol. The molecule has 0 fully saturated rings. The summed E-state index contributed by atoms with van der Waals surface area (Å²) in [6, 6.07) is 15.2. The van der Waals surface area contributed by atoms with Gasteiger partial charge < -0.3 is 9.47 Å². The van der Waals surface area contributed by atoms with Crippen molar-refractivity contribution in [2.75, 3.05) is 20.8 Å². The maximum Gasteiger partial charge on any atom is 0.345 e. The van der Waals surface area contributed by atoms with E-state index in [1.54, 1.807) is 14.0 Å². The predicted molar refractivity (Wildman–Crippen MR) is 94.2 cm³/mol. The van der Waals surface area contributed by atoms with Crippen molar-refractivity contribution in [3.05, 3.63) is 70.8 Å². The van der Waals surface area contributed by atoms with Crippen molar-refractivity contribution in [2.24, 2.45) is 0 Å². The average molecular weight is 338 g/mol. The highest BCUT2D eigenvalue weighted by Crippen LogP contribution is 2.39. The number of carbonyl (C=O) groups excluding carboxylic acids is 1. The molecule has 25 heavy (non-hydrogen) atoms. The molecule has 1 aliphatic carbocycles. The zero-order chi connectivity index (χ0) is 18.0. The summed E-state index contributed by atoms with van der Waals surface area (Å²) in [5, 5.41) is 10.2. The van der Waals surface area contributed by atoms with Gasteiger partial charge in [-0.3, -0.25) is 5.21 Å². The second-order valence-electron chi connectivity index (χ2n) is 5.62. The lowest BCUT2D eigenvalue weighted by Crippen LogP contribution is -2.22. The summed E-state index contributed by atoms with van der Waals surface area (Å²) in [7, 11) is 3.07. The average Bonchev–Trinajstić information content (AvgIpc) is 2.97. The van der Waals surface area contributed by atoms with Crippen LogP contribution >= 0.6 is 0 Å². The largest absolute Gasteiger partial charge is 0.497 e. The van der Waals surface area contributed by atoms with E-state index in [4.69, 9.17) is 9.47 Å². The van der Waals surface area contributed by atoms with E-state index in [2.05, 4.69) is 0 Å². The second kappa shape index (κ2) is 6.81. The van der Waals surface area contributed by atoms with Crippen LogP contribution in [0.25, 0.3) is 5.57 Å². The molecular formula is C20H20NO4+. The van der Waals surface area contributed by atoms with Crippen LogP contribution in [0.4, 0.5) is 0 Å². The number of benzene rings is 2. The molecule has 1 N–H and O–H groups in total. The summed E-state index contributed by atoms with van der Waals surface area (Å²) in [6.45, 7) is 2.01.